The average molecular weight is 805 g/mol. The third kappa shape index (κ3) is 9.26. The molecule has 306 valence electrons. The molecule has 0 saturated heterocycles. The highest BCUT2D eigenvalue weighted by atomic mass is 15.1. The van der Waals surface area contributed by atoms with Crippen molar-refractivity contribution in [3.63, 3.8) is 0 Å². The van der Waals surface area contributed by atoms with E-state index >= 15 is 0 Å². The second-order valence-electron chi connectivity index (χ2n) is 16.4. The summed E-state index contributed by atoms with van der Waals surface area (Å²) < 4.78 is 2.37. The number of benzene rings is 6. The summed E-state index contributed by atoms with van der Waals surface area (Å²) in [5, 5.41) is 3.79. The third-order valence-corrected chi connectivity index (χ3v) is 12.0. The van der Waals surface area contributed by atoms with E-state index in [4.69, 9.17) is 0 Å². The van der Waals surface area contributed by atoms with Gasteiger partial charge < -0.3 is 9.47 Å². The summed E-state index contributed by atoms with van der Waals surface area (Å²) in [5.74, 6) is 0. The molecule has 0 saturated carbocycles. The van der Waals surface area contributed by atoms with Crippen molar-refractivity contribution in [2.75, 3.05) is 4.90 Å². The minimum Gasteiger partial charge on any atom is -0.315 e. The van der Waals surface area contributed by atoms with E-state index in [1.807, 2.05) is 0 Å². The molecule has 62 heavy (non-hydrogen) atoms. The Morgan fingerprint density at radius 3 is 2.08 bits per heavy atom. The summed E-state index contributed by atoms with van der Waals surface area (Å²) in [5.41, 5.74) is 18.4. The molecule has 0 atom stereocenters. The molecule has 0 N–H and O–H groups in total. The first-order valence-electron chi connectivity index (χ1n) is 21.8. The van der Waals surface area contributed by atoms with E-state index < -0.39 is 0 Å². The Hall–Kier alpha value is -7.16. The van der Waals surface area contributed by atoms with Gasteiger partial charge in [-0.3, -0.25) is 0 Å². The topological polar surface area (TPSA) is 8.17 Å². The van der Waals surface area contributed by atoms with Crippen molar-refractivity contribution in [3.8, 4) is 16.8 Å². The van der Waals surface area contributed by atoms with Crippen molar-refractivity contribution < 1.29 is 0 Å². The molecule has 1 heterocycles. The number of anilines is 2. The van der Waals surface area contributed by atoms with Crippen molar-refractivity contribution in [1.29, 1.82) is 0 Å². The number of hydrogen-bond donors (Lipinski definition) is 0. The van der Waals surface area contributed by atoms with Crippen molar-refractivity contribution in [1.82, 2.24) is 4.57 Å². The average Bonchev–Trinajstić information content (AvgIpc) is 3.59. The Kier molecular flexibility index (Phi) is 12.8. The van der Waals surface area contributed by atoms with Crippen LogP contribution >= 0.6 is 0 Å². The smallest absolute Gasteiger partial charge is 0.0537 e. The number of allylic oxidation sites excluding steroid dienone is 5. The minimum atomic E-state index is 0.829. The second-order valence-corrected chi connectivity index (χ2v) is 16.4. The number of hydrogen-bond acceptors (Lipinski definition) is 1. The molecule has 0 amide bonds. The van der Waals surface area contributed by atoms with E-state index in [-0.39, 0.29) is 0 Å². The van der Waals surface area contributed by atoms with E-state index in [9.17, 15) is 0 Å². The molecular formula is C60H56N2. The lowest BCUT2D eigenvalue weighted by Crippen LogP contribution is -2.15. The van der Waals surface area contributed by atoms with Gasteiger partial charge in [-0.1, -0.05) is 169 Å². The van der Waals surface area contributed by atoms with Crippen LogP contribution in [0.5, 0.6) is 0 Å². The van der Waals surface area contributed by atoms with Gasteiger partial charge in [-0.15, -0.1) is 0 Å². The zero-order chi connectivity index (χ0) is 43.0. The summed E-state index contributed by atoms with van der Waals surface area (Å²) >= 11 is 0. The largest absolute Gasteiger partial charge is 0.315 e. The van der Waals surface area contributed by atoms with E-state index in [1.165, 1.54) is 94.5 Å². The number of para-hydroxylation sites is 3. The Labute approximate surface area is 368 Å². The Balaban J connectivity index is 1.02. The summed E-state index contributed by atoms with van der Waals surface area (Å²) in [6.45, 7) is 13.3. The van der Waals surface area contributed by atoms with Gasteiger partial charge in [0, 0.05) is 33.8 Å². The molecular weight excluding hydrogens is 749 g/mol. The predicted molar refractivity (Wildman–Crippen MR) is 269 cm³/mol. The molecule has 2 heteroatoms. The molecule has 7 aromatic carbocycles. The molecule has 1 aromatic heterocycles. The maximum atomic E-state index is 2.39. The van der Waals surface area contributed by atoms with Gasteiger partial charge in [-0.2, -0.15) is 0 Å². The number of aromatic nitrogens is 1. The molecule has 8 rings (SSSR count). The quantitative estimate of drug-likeness (QED) is 0.126. The van der Waals surface area contributed by atoms with Crippen molar-refractivity contribution in [2.45, 2.75) is 54.4 Å². The van der Waals surface area contributed by atoms with Crippen molar-refractivity contribution in [2.24, 2.45) is 0 Å². The van der Waals surface area contributed by atoms with Crippen molar-refractivity contribution in [3.05, 3.63) is 245 Å². The van der Waals surface area contributed by atoms with Gasteiger partial charge in [0.2, 0.25) is 0 Å². The maximum Gasteiger partial charge on any atom is 0.0537 e. The molecule has 0 fully saturated rings. The molecule has 2 nitrogen and oxygen atoms in total. The maximum absolute atomic E-state index is 2.39. The molecule has 0 aliphatic rings. The normalized spacial score (nSPS) is 12.0. The SMILES string of the molecule is C/C(=C\C/C=C/c1c(C)c2ccccc2n1-c1ccccc1)c1cccc(C/C=C(\C)N(c2ccc(-c3ccc(C)c4ccccc4ccc(C)c3)cc2)c2ccccc2C)c1. The van der Waals surface area contributed by atoms with Gasteiger partial charge in [-0.05, 0) is 152 Å². The summed E-state index contributed by atoms with van der Waals surface area (Å²) in [6.07, 6.45) is 11.0. The van der Waals surface area contributed by atoms with E-state index in [2.05, 4.69) is 257 Å². The monoisotopic (exact) mass is 804 g/mol. The fourth-order valence-corrected chi connectivity index (χ4v) is 8.52. The van der Waals surface area contributed by atoms with Crippen LogP contribution in [0.3, 0.4) is 0 Å². The lowest BCUT2D eigenvalue weighted by Gasteiger charge is -2.28. The lowest BCUT2D eigenvalue weighted by atomic mass is 10.0. The molecule has 0 aliphatic carbocycles. The number of nitrogens with zero attached hydrogens (tertiary/aromatic N) is 2. The van der Waals surface area contributed by atoms with Crippen LogP contribution in [0.15, 0.2) is 206 Å². The van der Waals surface area contributed by atoms with Crippen LogP contribution in [-0.4, -0.2) is 4.57 Å². The van der Waals surface area contributed by atoms with Gasteiger partial charge in [-0.25, -0.2) is 0 Å². The van der Waals surface area contributed by atoms with Gasteiger partial charge in [0.1, 0.15) is 0 Å². The van der Waals surface area contributed by atoms with E-state index in [1.54, 1.807) is 0 Å². The minimum absolute atomic E-state index is 0.829. The van der Waals surface area contributed by atoms with Crippen LogP contribution in [0.1, 0.15) is 59.3 Å². The fraction of sp³-hybridized carbons (Fsp3) is 0.133. The molecule has 0 unspecified atom stereocenters. The van der Waals surface area contributed by atoms with Crippen LogP contribution in [0.25, 0.3) is 50.1 Å². The van der Waals surface area contributed by atoms with E-state index in [0.29, 0.717) is 0 Å². The Bertz CT molecular complexity index is 3010. The summed E-state index contributed by atoms with van der Waals surface area (Å²) in [6, 6.07) is 65.9. The fourth-order valence-electron chi connectivity index (χ4n) is 8.52. The number of fused-ring (bicyclic) bond motifs is 2. The molecule has 0 aliphatic heterocycles. The van der Waals surface area contributed by atoms with E-state index in [0.717, 1.165) is 18.5 Å². The summed E-state index contributed by atoms with van der Waals surface area (Å²) in [4.78, 5) is 2.39. The number of aryl methyl sites for hydroxylation is 4. The van der Waals surface area contributed by atoms with Gasteiger partial charge in [0.15, 0.2) is 0 Å². The van der Waals surface area contributed by atoms with Crippen LogP contribution < -0.4 is 4.90 Å². The molecule has 0 spiro atoms. The zero-order valence-corrected chi connectivity index (χ0v) is 36.9. The first-order valence-corrected chi connectivity index (χ1v) is 21.8. The predicted octanol–water partition coefficient (Wildman–Crippen LogP) is 16.6. The molecule has 8 aromatic rings. The van der Waals surface area contributed by atoms with Gasteiger partial charge in [0.25, 0.3) is 0 Å². The third-order valence-electron chi connectivity index (χ3n) is 12.0. The first kappa shape index (κ1) is 41.6. The second kappa shape index (κ2) is 19.0. The zero-order valence-electron chi connectivity index (χ0n) is 36.9. The van der Waals surface area contributed by atoms with Crippen molar-refractivity contribution >= 4 is 44.7 Å². The highest BCUT2D eigenvalue weighted by molar-refractivity contribution is 5.90. The Morgan fingerprint density at radius 1 is 0.565 bits per heavy atom. The van der Waals surface area contributed by atoms with Crippen LogP contribution in [-0.2, 0) is 6.42 Å². The van der Waals surface area contributed by atoms with Crippen LogP contribution in [0.2, 0.25) is 0 Å². The lowest BCUT2D eigenvalue weighted by molar-refractivity contribution is 1.09. The molecule has 0 bridgehead atoms. The summed E-state index contributed by atoms with van der Waals surface area (Å²) in [7, 11) is 0. The molecule has 0 radical (unpaired) electrons. The van der Waals surface area contributed by atoms with Gasteiger partial charge >= 0.3 is 0 Å². The number of rotatable bonds is 11. The standard InChI is InChI=1S/C60H56N2/c1-43-31-35-51-22-12-13-26-56(51)45(3)32-36-53(41-43)50-37-39-55(40-38-50)61(58-28-15-11-20-46(58)4)47(5)33-34-49-21-18-23-52(42-49)44(2)19-10-16-29-59-48(6)57-27-14-17-30-60(57)62(59)54-24-8-7-9-25-54/h7-9,11-33,35-42H,10,34H2,1-6H3/b29-16+,35-31?,36-32?,43-31?,43-41?,44-19+,45-32?,47-33+,51-35?,53-36?,53-41?,56-45?. The highest BCUT2D eigenvalue weighted by Gasteiger charge is 2.15. The van der Waals surface area contributed by atoms with Crippen LogP contribution in [0.4, 0.5) is 11.4 Å². The highest BCUT2D eigenvalue weighted by Crippen LogP contribution is 2.35. The van der Waals surface area contributed by atoms with Crippen LogP contribution in [0, 0.1) is 27.7 Å². The van der Waals surface area contributed by atoms with Gasteiger partial charge in [0.05, 0.1) is 5.52 Å². The Morgan fingerprint density at radius 2 is 1.27 bits per heavy atom. The first-order chi connectivity index (χ1) is 30.2.